The van der Waals surface area contributed by atoms with Crippen molar-refractivity contribution in [2.24, 2.45) is 0 Å². The van der Waals surface area contributed by atoms with Crippen LogP contribution in [0.15, 0.2) is 18.2 Å². The molecule has 5 heteroatoms. The number of amides is 2. The molecule has 0 saturated carbocycles. The Hall–Kier alpha value is -2.01. The molecule has 1 aliphatic carbocycles. The third-order valence-electron chi connectivity index (χ3n) is 4.45. The Morgan fingerprint density at radius 1 is 1.50 bits per heavy atom. The summed E-state index contributed by atoms with van der Waals surface area (Å²) in [6.45, 7) is 2.45. The second-order valence-electron chi connectivity index (χ2n) is 6.17. The van der Waals surface area contributed by atoms with Crippen LogP contribution in [0, 0.1) is 6.92 Å². The van der Waals surface area contributed by atoms with Gasteiger partial charge in [-0.15, -0.1) is 0 Å². The van der Waals surface area contributed by atoms with Gasteiger partial charge in [-0.25, -0.2) is 4.79 Å². The number of rotatable bonds is 3. The molecule has 0 bridgehead atoms. The second kappa shape index (κ2) is 6.01. The summed E-state index contributed by atoms with van der Waals surface area (Å²) in [5.74, 6) is 0. The molecule has 1 heterocycles. The third-order valence-corrected chi connectivity index (χ3v) is 4.45. The largest absolute Gasteiger partial charge is 0.395 e. The summed E-state index contributed by atoms with van der Waals surface area (Å²) in [6, 6.07) is 6.50. The highest BCUT2D eigenvalue weighted by Crippen LogP contribution is 2.29. The van der Waals surface area contributed by atoms with Gasteiger partial charge in [-0.3, -0.25) is 0 Å². The molecule has 0 saturated heterocycles. The van der Waals surface area contributed by atoms with Gasteiger partial charge in [0, 0.05) is 36.2 Å². The standard InChI is InChI=1S/C17H23N3O2/c1-11-3-5-15-13(9-11)14-10-12(4-6-16(14)19-15)18-17(22)20(2)7-8-21/h3,5,9,12,19,21H,4,6-8,10H2,1-2H3,(H,18,22). The van der Waals surface area contributed by atoms with Gasteiger partial charge in [-0.2, -0.15) is 0 Å². The van der Waals surface area contributed by atoms with E-state index in [0.29, 0.717) is 6.54 Å². The van der Waals surface area contributed by atoms with Crippen LogP contribution < -0.4 is 5.32 Å². The maximum absolute atomic E-state index is 12.1. The van der Waals surface area contributed by atoms with E-state index in [1.54, 1.807) is 7.05 Å². The predicted octanol–water partition coefficient (Wildman–Crippen LogP) is 1.97. The van der Waals surface area contributed by atoms with E-state index in [9.17, 15) is 4.79 Å². The Bertz CT molecular complexity index is 693. The van der Waals surface area contributed by atoms with Crippen molar-refractivity contribution >= 4 is 16.9 Å². The van der Waals surface area contributed by atoms with Gasteiger partial charge in [0.15, 0.2) is 0 Å². The highest BCUT2D eigenvalue weighted by atomic mass is 16.3. The molecular formula is C17H23N3O2. The first-order chi connectivity index (χ1) is 10.6. The highest BCUT2D eigenvalue weighted by Gasteiger charge is 2.24. The van der Waals surface area contributed by atoms with E-state index >= 15 is 0 Å². The molecule has 3 N–H and O–H groups in total. The lowest BCUT2D eigenvalue weighted by Crippen LogP contribution is -2.46. The second-order valence-corrected chi connectivity index (χ2v) is 6.17. The van der Waals surface area contributed by atoms with Crippen LogP contribution in [0.3, 0.4) is 0 Å². The predicted molar refractivity (Wildman–Crippen MR) is 87.1 cm³/mol. The third kappa shape index (κ3) is 2.81. The fourth-order valence-electron chi connectivity index (χ4n) is 3.19. The Morgan fingerprint density at radius 3 is 3.09 bits per heavy atom. The summed E-state index contributed by atoms with van der Waals surface area (Å²) in [5.41, 5.74) is 5.07. The number of nitrogens with zero attached hydrogens (tertiary/aromatic N) is 1. The minimum atomic E-state index is -0.112. The van der Waals surface area contributed by atoms with E-state index < -0.39 is 0 Å². The van der Waals surface area contributed by atoms with E-state index in [1.165, 1.54) is 32.6 Å². The summed E-state index contributed by atoms with van der Waals surface area (Å²) in [7, 11) is 1.70. The maximum atomic E-state index is 12.1. The molecule has 3 rings (SSSR count). The number of aliphatic hydroxyl groups excluding tert-OH is 1. The number of aliphatic hydroxyl groups is 1. The average Bonchev–Trinajstić information content (AvgIpc) is 2.85. The topological polar surface area (TPSA) is 68.4 Å². The first-order valence-electron chi connectivity index (χ1n) is 7.81. The van der Waals surface area contributed by atoms with Crippen molar-refractivity contribution in [1.82, 2.24) is 15.2 Å². The van der Waals surface area contributed by atoms with Crippen molar-refractivity contribution in [2.45, 2.75) is 32.2 Å². The SMILES string of the molecule is Cc1ccc2[nH]c3c(c2c1)CC(NC(=O)N(C)CCO)CC3. The Balaban J connectivity index is 1.77. The minimum Gasteiger partial charge on any atom is -0.395 e. The number of hydrogen-bond acceptors (Lipinski definition) is 2. The molecule has 1 aromatic heterocycles. The smallest absolute Gasteiger partial charge is 0.317 e. The fraction of sp³-hybridized carbons (Fsp3) is 0.471. The number of aryl methyl sites for hydroxylation is 2. The lowest BCUT2D eigenvalue weighted by molar-refractivity contribution is 0.186. The van der Waals surface area contributed by atoms with Crippen LogP contribution in [0.5, 0.6) is 0 Å². The zero-order valence-corrected chi connectivity index (χ0v) is 13.1. The van der Waals surface area contributed by atoms with Gasteiger partial charge >= 0.3 is 6.03 Å². The van der Waals surface area contributed by atoms with Gasteiger partial charge in [0.1, 0.15) is 0 Å². The summed E-state index contributed by atoms with van der Waals surface area (Å²) in [4.78, 5) is 17.1. The zero-order valence-electron chi connectivity index (χ0n) is 13.1. The molecule has 22 heavy (non-hydrogen) atoms. The molecule has 0 radical (unpaired) electrons. The number of aromatic nitrogens is 1. The number of benzene rings is 1. The van der Waals surface area contributed by atoms with Crippen LogP contribution in [0.1, 0.15) is 23.2 Å². The molecule has 0 spiro atoms. The lowest BCUT2D eigenvalue weighted by atomic mass is 9.91. The number of carbonyl (C=O) groups is 1. The van der Waals surface area contributed by atoms with Crippen molar-refractivity contribution in [2.75, 3.05) is 20.2 Å². The summed E-state index contributed by atoms with van der Waals surface area (Å²) >= 11 is 0. The number of likely N-dealkylation sites (N-methyl/N-ethyl adjacent to an activating group) is 1. The van der Waals surface area contributed by atoms with Crippen LogP contribution in [0.2, 0.25) is 0 Å². The van der Waals surface area contributed by atoms with Crippen molar-refractivity contribution in [1.29, 1.82) is 0 Å². The van der Waals surface area contributed by atoms with E-state index in [-0.39, 0.29) is 18.7 Å². The molecular weight excluding hydrogens is 278 g/mol. The first kappa shape index (κ1) is 14.9. The normalized spacial score (nSPS) is 17.3. The van der Waals surface area contributed by atoms with Gasteiger partial charge in [0.25, 0.3) is 0 Å². The molecule has 0 fully saturated rings. The quantitative estimate of drug-likeness (QED) is 0.811. The van der Waals surface area contributed by atoms with Crippen molar-refractivity contribution < 1.29 is 9.90 Å². The number of hydrogen-bond donors (Lipinski definition) is 3. The Kier molecular flexibility index (Phi) is 4.07. The fourth-order valence-corrected chi connectivity index (χ4v) is 3.19. The van der Waals surface area contributed by atoms with Crippen LogP contribution in [0.4, 0.5) is 4.79 Å². The van der Waals surface area contributed by atoms with Crippen LogP contribution in [-0.4, -0.2) is 47.3 Å². The number of H-pyrrole nitrogens is 1. The van der Waals surface area contributed by atoms with Gasteiger partial charge < -0.3 is 20.3 Å². The molecule has 2 aromatic rings. The average molecular weight is 301 g/mol. The molecule has 1 atom stereocenters. The van der Waals surface area contributed by atoms with E-state index in [0.717, 1.165) is 19.3 Å². The highest BCUT2D eigenvalue weighted by molar-refractivity contribution is 5.86. The number of urea groups is 1. The molecule has 2 amide bonds. The van der Waals surface area contributed by atoms with Crippen molar-refractivity contribution in [3.05, 3.63) is 35.0 Å². The lowest BCUT2D eigenvalue weighted by Gasteiger charge is -2.26. The summed E-state index contributed by atoms with van der Waals surface area (Å²) in [6.07, 6.45) is 2.76. The number of aromatic amines is 1. The zero-order chi connectivity index (χ0) is 15.7. The van der Waals surface area contributed by atoms with E-state index in [1.807, 2.05) is 0 Å². The molecule has 0 aliphatic heterocycles. The van der Waals surface area contributed by atoms with Gasteiger partial charge in [-0.05, 0) is 43.9 Å². The van der Waals surface area contributed by atoms with Gasteiger partial charge in [0.05, 0.1) is 6.61 Å². The number of carbonyl (C=O) groups excluding carboxylic acids is 1. The van der Waals surface area contributed by atoms with Crippen molar-refractivity contribution in [3.63, 3.8) is 0 Å². The molecule has 1 aliphatic rings. The Labute approximate surface area is 130 Å². The van der Waals surface area contributed by atoms with E-state index in [2.05, 4.69) is 35.4 Å². The maximum Gasteiger partial charge on any atom is 0.317 e. The first-order valence-corrected chi connectivity index (χ1v) is 7.81. The molecule has 5 nitrogen and oxygen atoms in total. The van der Waals surface area contributed by atoms with Crippen LogP contribution in [-0.2, 0) is 12.8 Å². The van der Waals surface area contributed by atoms with E-state index in [4.69, 9.17) is 5.11 Å². The monoisotopic (exact) mass is 301 g/mol. The number of nitrogens with one attached hydrogen (secondary N) is 2. The molecule has 1 aromatic carbocycles. The summed E-state index contributed by atoms with van der Waals surface area (Å²) in [5, 5.41) is 13.3. The van der Waals surface area contributed by atoms with Crippen molar-refractivity contribution in [3.8, 4) is 0 Å². The summed E-state index contributed by atoms with van der Waals surface area (Å²) < 4.78 is 0. The van der Waals surface area contributed by atoms with Crippen LogP contribution in [0.25, 0.3) is 10.9 Å². The molecule has 1 unspecified atom stereocenters. The van der Waals surface area contributed by atoms with Gasteiger partial charge in [0.2, 0.25) is 0 Å². The van der Waals surface area contributed by atoms with Gasteiger partial charge in [-0.1, -0.05) is 11.6 Å². The Morgan fingerprint density at radius 2 is 2.32 bits per heavy atom. The number of fused-ring (bicyclic) bond motifs is 3. The molecule has 118 valence electrons. The van der Waals surface area contributed by atoms with Crippen LogP contribution >= 0.6 is 0 Å². The minimum absolute atomic E-state index is 0.0134.